The third-order valence-corrected chi connectivity index (χ3v) is 2.07. The van der Waals surface area contributed by atoms with Gasteiger partial charge in [0.05, 0.1) is 12.0 Å². The first-order chi connectivity index (χ1) is 4.75. The van der Waals surface area contributed by atoms with Gasteiger partial charge in [0, 0.05) is 7.11 Å². The van der Waals surface area contributed by atoms with Crippen molar-refractivity contribution in [3.8, 4) is 0 Å². The van der Waals surface area contributed by atoms with E-state index in [0.717, 1.165) is 19.3 Å². The van der Waals surface area contributed by atoms with Gasteiger partial charge in [-0.05, 0) is 19.3 Å². The number of hydrogen-bond donors (Lipinski definition) is 1. The zero-order valence-corrected chi connectivity index (χ0v) is 6.04. The standard InChI is InChI=1S/C7H12O3/c1-10-6-4-2-3-5(6)7(8)9/h5-6H,2-4H2,1H3,(H,8,9). The highest BCUT2D eigenvalue weighted by atomic mass is 16.5. The Kier molecular flexibility index (Phi) is 2.27. The van der Waals surface area contributed by atoms with Gasteiger partial charge in [-0.25, -0.2) is 0 Å². The molecule has 2 atom stereocenters. The van der Waals surface area contributed by atoms with Crippen molar-refractivity contribution in [2.75, 3.05) is 7.11 Å². The average Bonchev–Trinajstić information content (AvgIpc) is 2.33. The molecule has 0 aromatic carbocycles. The molecule has 0 spiro atoms. The van der Waals surface area contributed by atoms with E-state index in [1.165, 1.54) is 0 Å². The molecule has 3 heteroatoms. The molecule has 0 aromatic heterocycles. The maximum Gasteiger partial charge on any atom is 0.309 e. The highest BCUT2D eigenvalue weighted by molar-refractivity contribution is 5.71. The van der Waals surface area contributed by atoms with Gasteiger partial charge < -0.3 is 9.84 Å². The molecular formula is C7H12O3. The lowest BCUT2D eigenvalue weighted by atomic mass is 10.1. The van der Waals surface area contributed by atoms with E-state index < -0.39 is 5.97 Å². The second-order valence-corrected chi connectivity index (χ2v) is 2.65. The second-order valence-electron chi connectivity index (χ2n) is 2.65. The number of ether oxygens (including phenoxy) is 1. The van der Waals surface area contributed by atoms with Crippen molar-refractivity contribution in [1.29, 1.82) is 0 Å². The third-order valence-electron chi connectivity index (χ3n) is 2.07. The predicted octanol–water partition coefficient (Wildman–Crippen LogP) is 0.886. The van der Waals surface area contributed by atoms with Gasteiger partial charge in [-0.1, -0.05) is 0 Å². The molecule has 1 aliphatic rings. The van der Waals surface area contributed by atoms with Crippen LogP contribution in [0.3, 0.4) is 0 Å². The first kappa shape index (κ1) is 7.54. The fraction of sp³-hybridized carbons (Fsp3) is 0.857. The summed E-state index contributed by atoms with van der Waals surface area (Å²) in [7, 11) is 1.58. The zero-order valence-electron chi connectivity index (χ0n) is 6.04. The lowest BCUT2D eigenvalue weighted by Crippen LogP contribution is -2.24. The van der Waals surface area contributed by atoms with Crippen molar-refractivity contribution in [3.63, 3.8) is 0 Å². The van der Waals surface area contributed by atoms with Crippen molar-refractivity contribution >= 4 is 5.97 Å². The summed E-state index contributed by atoms with van der Waals surface area (Å²) >= 11 is 0. The summed E-state index contributed by atoms with van der Waals surface area (Å²) in [6.45, 7) is 0. The monoisotopic (exact) mass is 144 g/mol. The van der Waals surface area contributed by atoms with E-state index in [1.54, 1.807) is 7.11 Å². The Balaban J connectivity index is 2.50. The van der Waals surface area contributed by atoms with Gasteiger partial charge in [-0.2, -0.15) is 0 Å². The summed E-state index contributed by atoms with van der Waals surface area (Å²) in [6, 6.07) is 0. The quantitative estimate of drug-likeness (QED) is 0.626. The average molecular weight is 144 g/mol. The molecule has 0 radical (unpaired) electrons. The highest BCUT2D eigenvalue weighted by Gasteiger charge is 2.32. The Bertz CT molecular complexity index is 133. The normalized spacial score (nSPS) is 32.5. The van der Waals surface area contributed by atoms with Crippen LogP contribution < -0.4 is 0 Å². The molecule has 1 fully saturated rings. The summed E-state index contributed by atoms with van der Waals surface area (Å²) < 4.78 is 5.00. The van der Waals surface area contributed by atoms with Crippen LogP contribution in [-0.4, -0.2) is 24.3 Å². The first-order valence-corrected chi connectivity index (χ1v) is 3.51. The molecule has 0 amide bonds. The molecule has 0 heterocycles. The Hall–Kier alpha value is -0.570. The summed E-state index contributed by atoms with van der Waals surface area (Å²) in [5, 5.41) is 8.63. The number of carboxylic acid groups (broad SMARTS) is 1. The number of rotatable bonds is 2. The molecule has 10 heavy (non-hydrogen) atoms. The van der Waals surface area contributed by atoms with Crippen LogP contribution in [0.15, 0.2) is 0 Å². The van der Waals surface area contributed by atoms with Gasteiger partial charge in [-0.15, -0.1) is 0 Å². The van der Waals surface area contributed by atoms with Crippen LogP contribution in [0, 0.1) is 5.92 Å². The number of carboxylic acids is 1. The summed E-state index contributed by atoms with van der Waals surface area (Å²) in [4.78, 5) is 10.5. The van der Waals surface area contributed by atoms with E-state index in [-0.39, 0.29) is 12.0 Å². The molecule has 0 saturated heterocycles. The number of hydrogen-bond acceptors (Lipinski definition) is 2. The summed E-state index contributed by atoms with van der Waals surface area (Å²) in [5.41, 5.74) is 0. The van der Waals surface area contributed by atoms with Gasteiger partial charge in [0.25, 0.3) is 0 Å². The maximum absolute atomic E-state index is 10.5. The van der Waals surface area contributed by atoms with Crippen LogP contribution in [0.25, 0.3) is 0 Å². The van der Waals surface area contributed by atoms with E-state index in [2.05, 4.69) is 0 Å². The van der Waals surface area contributed by atoms with Crippen LogP contribution in [-0.2, 0) is 9.53 Å². The summed E-state index contributed by atoms with van der Waals surface area (Å²) in [5.74, 6) is -0.977. The molecule has 0 aliphatic heterocycles. The lowest BCUT2D eigenvalue weighted by molar-refractivity contribution is -0.145. The van der Waals surface area contributed by atoms with Crippen molar-refractivity contribution in [1.82, 2.24) is 0 Å². The maximum atomic E-state index is 10.5. The van der Waals surface area contributed by atoms with Crippen LogP contribution in [0.2, 0.25) is 0 Å². The SMILES string of the molecule is COC1CCCC1C(=O)O. The molecule has 3 nitrogen and oxygen atoms in total. The van der Waals surface area contributed by atoms with Gasteiger partial charge in [0.15, 0.2) is 0 Å². The molecular weight excluding hydrogens is 132 g/mol. The van der Waals surface area contributed by atoms with E-state index in [1.807, 2.05) is 0 Å². The fourth-order valence-electron chi connectivity index (χ4n) is 1.49. The molecule has 1 aliphatic carbocycles. The van der Waals surface area contributed by atoms with Crippen molar-refractivity contribution in [2.24, 2.45) is 5.92 Å². The van der Waals surface area contributed by atoms with Crippen molar-refractivity contribution in [2.45, 2.75) is 25.4 Å². The van der Waals surface area contributed by atoms with Crippen LogP contribution in [0.1, 0.15) is 19.3 Å². The molecule has 0 aromatic rings. The van der Waals surface area contributed by atoms with Gasteiger partial charge in [0.2, 0.25) is 0 Å². The van der Waals surface area contributed by atoms with Crippen LogP contribution >= 0.6 is 0 Å². The molecule has 1 rings (SSSR count). The van der Waals surface area contributed by atoms with Gasteiger partial charge >= 0.3 is 5.97 Å². The minimum Gasteiger partial charge on any atom is -0.481 e. The van der Waals surface area contributed by atoms with Gasteiger partial charge in [-0.3, -0.25) is 4.79 Å². The molecule has 0 bridgehead atoms. The summed E-state index contributed by atoms with van der Waals surface area (Å²) in [6.07, 6.45) is 2.61. The van der Waals surface area contributed by atoms with E-state index in [0.29, 0.717) is 0 Å². The Labute approximate surface area is 60.0 Å². The minimum absolute atomic E-state index is 0.0440. The minimum atomic E-state index is -0.718. The van der Waals surface area contributed by atoms with E-state index in [9.17, 15) is 4.79 Å². The lowest BCUT2D eigenvalue weighted by Gasteiger charge is -2.12. The Morgan fingerprint density at radius 3 is 2.70 bits per heavy atom. The number of aliphatic carboxylic acids is 1. The number of methoxy groups -OCH3 is 1. The number of carbonyl (C=O) groups is 1. The topological polar surface area (TPSA) is 46.5 Å². The second kappa shape index (κ2) is 3.01. The molecule has 2 unspecified atom stereocenters. The molecule has 1 N–H and O–H groups in total. The zero-order chi connectivity index (χ0) is 7.56. The van der Waals surface area contributed by atoms with Crippen LogP contribution in [0.5, 0.6) is 0 Å². The fourth-order valence-corrected chi connectivity index (χ4v) is 1.49. The van der Waals surface area contributed by atoms with E-state index in [4.69, 9.17) is 9.84 Å². The highest BCUT2D eigenvalue weighted by Crippen LogP contribution is 2.27. The third kappa shape index (κ3) is 1.29. The largest absolute Gasteiger partial charge is 0.481 e. The van der Waals surface area contributed by atoms with Gasteiger partial charge in [0.1, 0.15) is 0 Å². The van der Waals surface area contributed by atoms with Crippen molar-refractivity contribution < 1.29 is 14.6 Å². The Morgan fingerprint density at radius 2 is 2.30 bits per heavy atom. The predicted molar refractivity (Wildman–Crippen MR) is 35.8 cm³/mol. The Morgan fingerprint density at radius 1 is 1.60 bits per heavy atom. The van der Waals surface area contributed by atoms with Crippen LogP contribution in [0.4, 0.5) is 0 Å². The first-order valence-electron chi connectivity index (χ1n) is 3.51. The van der Waals surface area contributed by atoms with E-state index >= 15 is 0 Å². The van der Waals surface area contributed by atoms with Crippen molar-refractivity contribution in [3.05, 3.63) is 0 Å². The molecule has 58 valence electrons. The smallest absolute Gasteiger partial charge is 0.309 e. The molecule has 1 saturated carbocycles.